The first-order valence-electron chi connectivity index (χ1n) is 10.8. The zero-order chi connectivity index (χ0) is 20.3. The number of rotatable bonds is 5. The molecule has 1 aliphatic heterocycles. The van der Waals surface area contributed by atoms with Gasteiger partial charge in [0.1, 0.15) is 0 Å². The molecule has 5 nitrogen and oxygen atoms in total. The van der Waals surface area contributed by atoms with Crippen LogP contribution in [0.4, 0.5) is 0 Å². The van der Waals surface area contributed by atoms with Crippen LogP contribution in [0.15, 0.2) is 54.9 Å². The number of nitrogens with one attached hydrogen (secondary N) is 1. The fraction of sp³-hybridized carbons (Fsp3) is 0.500. The molecule has 1 saturated heterocycles. The van der Waals surface area contributed by atoms with Crippen LogP contribution in [0.2, 0.25) is 0 Å². The third-order valence-corrected chi connectivity index (χ3v) is 6.56. The normalized spacial score (nSPS) is 28.3. The molecule has 154 valence electrons. The Morgan fingerprint density at radius 3 is 2.66 bits per heavy atom. The Morgan fingerprint density at radius 1 is 1.21 bits per heavy atom. The summed E-state index contributed by atoms with van der Waals surface area (Å²) in [6, 6.07) is 13.8. The molecule has 3 unspecified atom stereocenters. The largest absolute Gasteiger partial charge is 0.388 e. The smallest absolute Gasteiger partial charge is 0.223 e. The predicted octanol–water partition coefficient (Wildman–Crippen LogP) is 3.45. The van der Waals surface area contributed by atoms with E-state index in [1.165, 1.54) is 0 Å². The molecule has 2 aliphatic rings. The fourth-order valence-electron chi connectivity index (χ4n) is 4.87. The van der Waals surface area contributed by atoms with E-state index in [2.05, 4.69) is 33.4 Å². The summed E-state index contributed by atoms with van der Waals surface area (Å²) in [5, 5.41) is 14.6. The molecule has 0 bridgehead atoms. The van der Waals surface area contributed by atoms with E-state index in [-0.39, 0.29) is 23.9 Å². The number of aliphatic hydroxyl groups is 1. The van der Waals surface area contributed by atoms with Gasteiger partial charge in [0.05, 0.1) is 17.7 Å². The van der Waals surface area contributed by atoms with Gasteiger partial charge in [0, 0.05) is 31.4 Å². The molecule has 1 aromatic heterocycles. The van der Waals surface area contributed by atoms with Gasteiger partial charge in [-0.15, -0.1) is 0 Å². The second-order valence-electron chi connectivity index (χ2n) is 8.76. The third-order valence-electron chi connectivity index (χ3n) is 6.56. The van der Waals surface area contributed by atoms with Gasteiger partial charge in [-0.2, -0.15) is 0 Å². The summed E-state index contributed by atoms with van der Waals surface area (Å²) in [5.41, 5.74) is 1.30. The number of likely N-dealkylation sites (tertiary alicyclic amines) is 1. The molecule has 0 spiro atoms. The number of nitrogens with zero attached hydrogens (tertiary/aromatic N) is 2. The average Bonchev–Trinajstić information content (AvgIpc) is 3.27. The van der Waals surface area contributed by atoms with Crippen molar-refractivity contribution in [2.24, 2.45) is 5.92 Å². The number of hydrogen-bond donors (Lipinski definition) is 2. The standard InChI is InChI=1S/C24H31N3O2/c1-24(29)13-15-27(17-18-8-7-14-25-16-18)21(19-9-3-2-4-10-19)22(24)26-23(28)20-11-5-6-12-20/h2-4,7-10,14,16,20-22,29H,5-6,11-13,15,17H2,1H3,(H,26,28). The summed E-state index contributed by atoms with van der Waals surface area (Å²) < 4.78 is 0. The van der Waals surface area contributed by atoms with Crippen LogP contribution in [0.3, 0.4) is 0 Å². The number of hydrogen-bond acceptors (Lipinski definition) is 4. The number of carbonyl (C=O) groups excluding carboxylic acids is 1. The quantitative estimate of drug-likeness (QED) is 0.817. The number of amides is 1. The van der Waals surface area contributed by atoms with Crippen LogP contribution in [-0.2, 0) is 11.3 Å². The minimum Gasteiger partial charge on any atom is -0.388 e. The lowest BCUT2D eigenvalue weighted by atomic mass is 9.79. The molecule has 4 rings (SSSR count). The first-order chi connectivity index (χ1) is 14.0. The molecule has 1 aliphatic carbocycles. The van der Waals surface area contributed by atoms with Gasteiger partial charge < -0.3 is 10.4 Å². The Bertz CT molecular complexity index is 803. The SMILES string of the molecule is CC1(O)CCN(Cc2cccnc2)C(c2ccccc2)C1NC(=O)C1CCCC1. The van der Waals surface area contributed by atoms with Crippen LogP contribution in [0.25, 0.3) is 0 Å². The van der Waals surface area contributed by atoms with Crippen LogP contribution < -0.4 is 5.32 Å². The minimum atomic E-state index is -0.958. The highest BCUT2D eigenvalue weighted by Crippen LogP contribution is 2.38. The first kappa shape index (κ1) is 20.0. The molecule has 2 aromatic rings. The van der Waals surface area contributed by atoms with Crippen molar-refractivity contribution in [3.05, 3.63) is 66.0 Å². The van der Waals surface area contributed by atoms with Gasteiger partial charge in [0.2, 0.25) is 5.91 Å². The van der Waals surface area contributed by atoms with Crippen molar-refractivity contribution in [3.63, 3.8) is 0 Å². The Hall–Kier alpha value is -2.24. The zero-order valence-corrected chi connectivity index (χ0v) is 17.1. The first-order valence-corrected chi connectivity index (χ1v) is 10.8. The highest BCUT2D eigenvalue weighted by atomic mass is 16.3. The van der Waals surface area contributed by atoms with E-state index in [0.717, 1.165) is 49.9 Å². The van der Waals surface area contributed by atoms with Crippen LogP contribution in [0, 0.1) is 5.92 Å². The van der Waals surface area contributed by atoms with E-state index in [9.17, 15) is 9.90 Å². The summed E-state index contributed by atoms with van der Waals surface area (Å²) in [6.07, 6.45) is 8.44. The number of piperidine rings is 1. The molecule has 29 heavy (non-hydrogen) atoms. The molecule has 5 heteroatoms. The van der Waals surface area contributed by atoms with E-state index in [1.807, 2.05) is 37.4 Å². The number of aromatic nitrogens is 1. The Kier molecular flexibility index (Phi) is 5.97. The topological polar surface area (TPSA) is 65.5 Å². The number of pyridine rings is 1. The second kappa shape index (κ2) is 8.64. The van der Waals surface area contributed by atoms with Crippen molar-refractivity contribution in [1.29, 1.82) is 0 Å². The zero-order valence-electron chi connectivity index (χ0n) is 17.1. The summed E-state index contributed by atoms with van der Waals surface area (Å²) in [4.78, 5) is 19.6. The monoisotopic (exact) mass is 393 g/mol. The van der Waals surface area contributed by atoms with Crippen LogP contribution in [-0.4, -0.2) is 39.1 Å². The molecular formula is C24H31N3O2. The third kappa shape index (κ3) is 4.51. The minimum absolute atomic E-state index is 0.0796. The Morgan fingerprint density at radius 2 is 1.97 bits per heavy atom. The molecule has 1 aromatic carbocycles. The van der Waals surface area contributed by atoms with Crippen molar-refractivity contribution in [1.82, 2.24) is 15.2 Å². The molecule has 3 atom stereocenters. The van der Waals surface area contributed by atoms with Gasteiger partial charge in [-0.3, -0.25) is 14.7 Å². The van der Waals surface area contributed by atoms with Crippen LogP contribution >= 0.6 is 0 Å². The van der Waals surface area contributed by atoms with E-state index in [0.29, 0.717) is 6.42 Å². The maximum Gasteiger partial charge on any atom is 0.223 e. The van der Waals surface area contributed by atoms with E-state index in [4.69, 9.17) is 0 Å². The Labute approximate surface area is 173 Å². The second-order valence-corrected chi connectivity index (χ2v) is 8.76. The number of benzene rings is 1. The van der Waals surface area contributed by atoms with Crippen LogP contribution in [0.1, 0.15) is 56.2 Å². The molecule has 1 saturated carbocycles. The average molecular weight is 394 g/mol. The van der Waals surface area contributed by atoms with Gasteiger partial charge in [0.25, 0.3) is 0 Å². The van der Waals surface area contributed by atoms with Crippen molar-refractivity contribution < 1.29 is 9.90 Å². The number of carbonyl (C=O) groups is 1. The lowest BCUT2D eigenvalue weighted by Gasteiger charge is -2.49. The maximum atomic E-state index is 13.0. The summed E-state index contributed by atoms with van der Waals surface area (Å²) in [6.45, 7) is 3.36. The highest BCUT2D eigenvalue weighted by Gasteiger charge is 2.46. The highest BCUT2D eigenvalue weighted by molar-refractivity contribution is 5.79. The lowest BCUT2D eigenvalue weighted by molar-refractivity contribution is -0.132. The van der Waals surface area contributed by atoms with Gasteiger partial charge >= 0.3 is 0 Å². The van der Waals surface area contributed by atoms with Gasteiger partial charge in [-0.25, -0.2) is 0 Å². The molecule has 0 radical (unpaired) electrons. The molecule has 1 amide bonds. The van der Waals surface area contributed by atoms with E-state index in [1.54, 1.807) is 6.20 Å². The lowest BCUT2D eigenvalue weighted by Crippen LogP contribution is -2.62. The summed E-state index contributed by atoms with van der Waals surface area (Å²) in [5.74, 6) is 0.174. The van der Waals surface area contributed by atoms with Crippen molar-refractivity contribution in [2.45, 2.75) is 63.3 Å². The molecular weight excluding hydrogens is 362 g/mol. The molecule has 2 heterocycles. The van der Waals surface area contributed by atoms with Crippen molar-refractivity contribution >= 4 is 5.91 Å². The summed E-state index contributed by atoms with van der Waals surface area (Å²) in [7, 11) is 0. The molecule has 2 N–H and O–H groups in total. The van der Waals surface area contributed by atoms with Crippen molar-refractivity contribution in [3.8, 4) is 0 Å². The van der Waals surface area contributed by atoms with E-state index >= 15 is 0 Å². The van der Waals surface area contributed by atoms with Gasteiger partial charge in [-0.1, -0.05) is 49.2 Å². The van der Waals surface area contributed by atoms with Gasteiger partial charge in [0.15, 0.2) is 0 Å². The molecule has 2 fully saturated rings. The predicted molar refractivity (Wildman–Crippen MR) is 113 cm³/mol. The van der Waals surface area contributed by atoms with Crippen LogP contribution in [0.5, 0.6) is 0 Å². The Balaban J connectivity index is 1.64. The van der Waals surface area contributed by atoms with Gasteiger partial charge in [-0.05, 0) is 43.4 Å². The van der Waals surface area contributed by atoms with Crippen molar-refractivity contribution in [2.75, 3.05) is 6.54 Å². The van der Waals surface area contributed by atoms with E-state index < -0.39 is 5.60 Å². The fourth-order valence-corrected chi connectivity index (χ4v) is 4.87. The summed E-state index contributed by atoms with van der Waals surface area (Å²) >= 11 is 0. The maximum absolute atomic E-state index is 13.0.